The summed E-state index contributed by atoms with van der Waals surface area (Å²) in [6, 6.07) is 7.43. The lowest BCUT2D eigenvalue weighted by molar-refractivity contribution is -0.131. The van der Waals surface area contributed by atoms with E-state index in [-0.39, 0.29) is 23.5 Å². The number of nitrogens with two attached hydrogens (primary N) is 2. The van der Waals surface area contributed by atoms with Crippen LogP contribution in [0.2, 0.25) is 10.0 Å². The molecule has 1 aliphatic rings. The number of nitrogens with zero attached hydrogens (tertiary/aromatic N) is 3. The molecule has 12 heteroatoms. The molecule has 0 radical (unpaired) electrons. The highest BCUT2D eigenvalue weighted by Crippen LogP contribution is 2.37. The smallest absolute Gasteiger partial charge is 0.312 e. The molecule has 0 spiro atoms. The van der Waals surface area contributed by atoms with Crippen LogP contribution in [0.25, 0.3) is 11.1 Å². The van der Waals surface area contributed by atoms with Gasteiger partial charge in [0.2, 0.25) is 5.91 Å². The topological polar surface area (TPSA) is 128 Å². The van der Waals surface area contributed by atoms with Gasteiger partial charge in [-0.05, 0) is 49.6 Å². The lowest BCUT2D eigenvalue weighted by Crippen LogP contribution is -2.45. The maximum Gasteiger partial charge on any atom is 0.312 e. The van der Waals surface area contributed by atoms with Crippen LogP contribution in [0.1, 0.15) is 37.5 Å². The number of carbonyl (C=O) groups excluding carboxylic acids is 2. The number of primary amides is 1. The van der Waals surface area contributed by atoms with Gasteiger partial charge in [0, 0.05) is 35.4 Å². The van der Waals surface area contributed by atoms with Gasteiger partial charge in [0.05, 0.1) is 29.5 Å². The van der Waals surface area contributed by atoms with Crippen molar-refractivity contribution in [1.29, 1.82) is 0 Å². The number of piperidine rings is 1. The van der Waals surface area contributed by atoms with E-state index in [1.807, 2.05) is 16.9 Å². The minimum Gasteiger partial charge on any atom is -0.484 e. The number of hydrogen-bond donors (Lipinski definition) is 3. The van der Waals surface area contributed by atoms with Crippen molar-refractivity contribution >= 4 is 40.8 Å². The number of hydrogen-bond acceptors (Lipinski definition) is 5. The molecule has 2 heterocycles. The molecular formula is C25H27Cl2FN6O3. The van der Waals surface area contributed by atoms with Gasteiger partial charge in [0.1, 0.15) is 17.7 Å². The summed E-state index contributed by atoms with van der Waals surface area (Å²) in [5.41, 5.74) is 13.6. The zero-order valence-electron chi connectivity index (χ0n) is 20.1. The number of anilines is 1. The number of amides is 3. The van der Waals surface area contributed by atoms with E-state index in [4.69, 9.17) is 39.4 Å². The summed E-state index contributed by atoms with van der Waals surface area (Å²) >= 11 is 12.4. The van der Waals surface area contributed by atoms with Crippen molar-refractivity contribution in [1.82, 2.24) is 20.0 Å². The van der Waals surface area contributed by atoms with Gasteiger partial charge in [-0.2, -0.15) is 5.10 Å². The van der Waals surface area contributed by atoms with E-state index in [1.165, 1.54) is 12.1 Å². The molecule has 1 aliphatic heterocycles. The Morgan fingerprint density at radius 2 is 1.95 bits per heavy atom. The Morgan fingerprint density at radius 3 is 2.65 bits per heavy atom. The summed E-state index contributed by atoms with van der Waals surface area (Å²) in [5.74, 6) is -0.337. The van der Waals surface area contributed by atoms with E-state index >= 15 is 0 Å². The number of nitrogens with one attached hydrogen (secondary N) is 1. The van der Waals surface area contributed by atoms with Crippen molar-refractivity contribution < 1.29 is 18.7 Å². The van der Waals surface area contributed by atoms with Gasteiger partial charge in [0.25, 0.3) is 0 Å². The number of halogens is 3. The third-order valence-electron chi connectivity index (χ3n) is 6.34. The molecular weight excluding hydrogens is 522 g/mol. The van der Waals surface area contributed by atoms with Gasteiger partial charge < -0.3 is 26.4 Å². The van der Waals surface area contributed by atoms with E-state index in [9.17, 15) is 14.0 Å². The zero-order valence-corrected chi connectivity index (χ0v) is 21.6. The molecule has 9 nitrogen and oxygen atoms in total. The Hall–Kier alpha value is -3.50. The third-order valence-corrected chi connectivity index (χ3v) is 7.06. The highest BCUT2D eigenvalue weighted by molar-refractivity contribution is 6.36. The van der Waals surface area contributed by atoms with Gasteiger partial charge in [-0.1, -0.05) is 29.3 Å². The number of ether oxygens (including phenoxy) is 1. The molecule has 5 N–H and O–H groups in total. The number of nitrogen functional groups attached to an aromatic ring is 1. The summed E-state index contributed by atoms with van der Waals surface area (Å²) in [7, 11) is 0. The zero-order chi connectivity index (χ0) is 26.7. The highest BCUT2D eigenvalue weighted by atomic mass is 35.5. The van der Waals surface area contributed by atoms with Crippen molar-refractivity contribution in [2.45, 2.75) is 31.9 Å². The fourth-order valence-electron chi connectivity index (χ4n) is 4.32. The van der Waals surface area contributed by atoms with E-state index in [0.29, 0.717) is 35.1 Å². The summed E-state index contributed by atoms with van der Waals surface area (Å²) < 4.78 is 21.9. The Balaban J connectivity index is 1.44. The first-order valence-electron chi connectivity index (χ1n) is 11.7. The molecule has 1 aromatic heterocycles. The standard InChI is InChI=1S/C25H27Cl2FN6O3/c1-14(23-18(26)3-4-19(28)24(23)27)37-21-10-15(2-5-20(21)29)16-11-32-34(13-16)17-6-8-33(9-7-17)22(35)12-31-25(30)36/h2-5,10-11,13-14,17H,6-9,12,29H2,1H3,(H3,30,31,36). The average molecular weight is 549 g/mol. The predicted octanol–water partition coefficient (Wildman–Crippen LogP) is 4.55. The van der Waals surface area contributed by atoms with Gasteiger partial charge in [0.15, 0.2) is 0 Å². The molecule has 3 aromatic rings. The van der Waals surface area contributed by atoms with Crippen molar-refractivity contribution in [3.8, 4) is 16.9 Å². The second-order valence-electron chi connectivity index (χ2n) is 8.81. The van der Waals surface area contributed by atoms with E-state index in [2.05, 4.69) is 10.4 Å². The van der Waals surface area contributed by atoms with Gasteiger partial charge >= 0.3 is 6.03 Å². The fourth-order valence-corrected chi connectivity index (χ4v) is 5.00. The monoisotopic (exact) mass is 548 g/mol. The van der Waals surface area contributed by atoms with Crippen LogP contribution in [-0.4, -0.2) is 46.3 Å². The van der Waals surface area contributed by atoms with Crippen molar-refractivity contribution in [3.05, 3.63) is 64.2 Å². The molecule has 0 aliphatic carbocycles. The number of aromatic nitrogens is 2. The third kappa shape index (κ3) is 6.08. The number of rotatable bonds is 7. The molecule has 3 amide bonds. The molecule has 1 atom stereocenters. The second-order valence-corrected chi connectivity index (χ2v) is 9.59. The maximum atomic E-state index is 14.0. The molecule has 0 bridgehead atoms. The van der Waals surface area contributed by atoms with Gasteiger partial charge in [-0.3, -0.25) is 9.48 Å². The normalized spacial score (nSPS) is 14.9. The molecule has 37 heavy (non-hydrogen) atoms. The van der Waals surface area contributed by atoms with Crippen molar-refractivity contribution in [2.75, 3.05) is 25.4 Å². The number of urea groups is 1. The number of likely N-dealkylation sites (tertiary alicyclic amines) is 1. The van der Waals surface area contributed by atoms with Crippen LogP contribution >= 0.6 is 23.2 Å². The lowest BCUT2D eigenvalue weighted by atomic mass is 10.0. The van der Waals surface area contributed by atoms with Crippen LogP contribution in [0.3, 0.4) is 0 Å². The van der Waals surface area contributed by atoms with Crippen LogP contribution < -0.4 is 21.5 Å². The van der Waals surface area contributed by atoms with Crippen LogP contribution in [0, 0.1) is 5.82 Å². The molecule has 4 rings (SSSR count). The molecule has 196 valence electrons. The Kier molecular flexibility index (Phi) is 8.09. The van der Waals surface area contributed by atoms with Crippen molar-refractivity contribution in [2.24, 2.45) is 5.73 Å². The van der Waals surface area contributed by atoms with Crippen LogP contribution in [0.4, 0.5) is 14.9 Å². The van der Waals surface area contributed by atoms with E-state index < -0.39 is 18.0 Å². The first kappa shape index (κ1) is 26.6. The van der Waals surface area contributed by atoms with Crippen LogP contribution in [0.15, 0.2) is 42.7 Å². The van der Waals surface area contributed by atoms with Crippen LogP contribution in [0.5, 0.6) is 5.75 Å². The predicted molar refractivity (Wildman–Crippen MR) is 140 cm³/mol. The first-order valence-corrected chi connectivity index (χ1v) is 12.4. The molecule has 1 fully saturated rings. The van der Waals surface area contributed by atoms with E-state index in [0.717, 1.165) is 24.0 Å². The number of benzene rings is 2. The summed E-state index contributed by atoms with van der Waals surface area (Å²) in [5, 5.41) is 7.06. The van der Waals surface area contributed by atoms with Crippen LogP contribution in [-0.2, 0) is 4.79 Å². The SMILES string of the molecule is CC(Oc1cc(-c2cnn(C3CCN(C(=O)CNC(N)=O)CC3)c2)ccc1N)c1c(Cl)ccc(F)c1Cl. The molecule has 1 unspecified atom stereocenters. The van der Waals surface area contributed by atoms with E-state index in [1.54, 1.807) is 30.2 Å². The molecule has 0 saturated carbocycles. The summed E-state index contributed by atoms with van der Waals surface area (Å²) in [6.45, 7) is 2.73. The minimum atomic E-state index is -0.723. The largest absolute Gasteiger partial charge is 0.484 e. The first-order chi connectivity index (χ1) is 17.6. The number of carbonyl (C=O) groups is 2. The summed E-state index contributed by atoms with van der Waals surface area (Å²) in [4.78, 5) is 24.7. The highest BCUT2D eigenvalue weighted by Gasteiger charge is 2.25. The van der Waals surface area contributed by atoms with Crippen molar-refractivity contribution in [3.63, 3.8) is 0 Å². The summed E-state index contributed by atoms with van der Waals surface area (Å²) in [6.07, 6.45) is 4.50. The fraction of sp³-hybridized carbons (Fsp3) is 0.320. The maximum absolute atomic E-state index is 14.0. The quantitative estimate of drug-likeness (QED) is 0.294. The Morgan fingerprint density at radius 1 is 1.22 bits per heavy atom. The minimum absolute atomic E-state index is 0.0899. The second kappa shape index (κ2) is 11.3. The Labute approximate surface area is 223 Å². The molecule has 1 saturated heterocycles. The van der Waals surface area contributed by atoms with Gasteiger partial charge in [-0.15, -0.1) is 0 Å². The average Bonchev–Trinajstić information content (AvgIpc) is 3.37. The lowest BCUT2D eigenvalue weighted by Gasteiger charge is -2.32. The van der Waals surface area contributed by atoms with Gasteiger partial charge in [-0.25, -0.2) is 9.18 Å². The Bertz CT molecular complexity index is 1310. The molecule has 2 aromatic carbocycles.